The normalized spacial score (nSPS) is 10.3. The number of hydrogen-bond acceptors (Lipinski definition) is 1. The van der Waals surface area contributed by atoms with Gasteiger partial charge < -0.3 is 5.32 Å². The quantitative estimate of drug-likeness (QED) is 0.780. The van der Waals surface area contributed by atoms with Crippen LogP contribution in [0.1, 0.15) is 15.9 Å². The minimum atomic E-state index is -0.370. The third-order valence-electron chi connectivity index (χ3n) is 2.48. The van der Waals surface area contributed by atoms with Crippen LogP contribution in [0.4, 0.5) is 10.1 Å². The van der Waals surface area contributed by atoms with Crippen molar-refractivity contribution in [2.24, 2.45) is 0 Å². The first-order valence-electron chi connectivity index (χ1n) is 5.49. The molecule has 0 atom stereocenters. The average Bonchev–Trinajstić information content (AvgIpc) is 2.26. The maximum Gasteiger partial charge on any atom is 0.256 e. The zero-order valence-electron chi connectivity index (χ0n) is 10.0. The van der Waals surface area contributed by atoms with E-state index in [4.69, 9.17) is 0 Å². The van der Waals surface area contributed by atoms with E-state index >= 15 is 0 Å². The highest BCUT2D eigenvalue weighted by molar-refractivity contribution is 9.11. The summed E-state index contributed by atoms with van der Waals surface area (Å²) < 4.78 is 14.8. The fourth-order valence-corrected chi connectivity index (χ4v) is 2.91. The van der Waals surface area contributed by atoms with Gasteiger partial charge in [0.2, 0.25) is 0 Å². The Morgan fingerprint density at radius 3 is 2.53 bits per heavy atom. The molecule has 98 valence electrons. The van der Waals surface area contributed by atoms with Crippen LogP contribution < -0.4 is 5.32 Å². The van der Waals surface area contributed by atoms with Gasteiger partial charge in [0.05, 0.1) is 5.56 Å². The molecule has 0 radical (unpaired) electrons. The van der Waals surface area contributed by atoms with Crippen molar-refractivity contribution < 1.29 is 9.18 Å². The fraction of sp³-hybridized carbons (Fsp3) is 0.0714. The summed E-state index contributed by atoms with van der Waals surface area (Å²) in [6, 6.07) is 9.66. The molecule has 0 spiro atoms. The minimum absolute atomic E-state index is 0.288. The highest BCUT2D eigenvalue weighted by atomic mass is 79.9. The molecule has 0 aromatic heterocycles. The van der Waals surface area contributed by atoms with Gasteiger partial charge >= 0.3 is 0 Å². The molecule has 2 aromatic carbocycles. The molecular formula is C14H10Br2FNO. The second-order valence-corrected chi connectivity index (χ2v) is 5.87. The second kappa shape index (κ2) is 5.84. The number of carbonyl (C=O) groups excluding carboxylic acids is 1. The molecule has 0 aliphatic carbocycles. The molecule has 2 nitrogen and oxygen atoms in total. The number of rotatable bonds is 2. The summed E-state index contributed by atoms with van der Waals surface area (Å²) in [6.45, 7) is 1.77. The standard InChI is InChI=1S/C14H10Br2FNO/c1-8-4-10(17)7-11(5-8)18-14(19)12-3-2-9(15)6-13(12)16/h2-7H,1H3,(H,18,19). The fourth-order valence-electron chi connectivity index (χ4n) is 1.68. The number of aryl methyl sites for hydroxylation is 1. The second-order valence-electron chi connectivity index (χ2n) is 4.10. The summed E-state index contributed by atoms with van der Waals surface area (Å²) in [5.41, 5.74) is 1.69. The summed E-state index contributed by atoms with van der Waals surface area (Å²) in [6.07, 6.45) is 0. The first-order valence-corrected chi connectivity index (χ1v) is 7.08. The van der Waals surface area contributed by atoms with Crippen LogP contribution in [0.3, 0.4) is 0 Å². The third-order valence-corrected chi connectivity index (χ3v) is 3.63. The van der Waals surface area contributed by atoms with Crippen molar-refractivity contribution in [2.75, 3.05) is 5.32 Å². The van der Waals surface area contributed by atoms with Crippen LogP contribution in [0.25, 0.3) is 0 Å². The molecule has 0 unspecified atom stereocenters. The predicted octanol–water partition coefficient (Wildman–Crippen LogP) is 4.91. The molecular weight excluding hydrogens is 377 g/mol. The molecule has 19 heavy (non-hydrogen) atoms. The van der Waals surface area contributed by atoms with Gasteiger partial charge in [-0.15, -0.1) is 0 Å². The number of anilines is 1. The lowest BCUT2D eigenvalue weighted by Gasteiger charge is -2.08. The van der Waals surface area contributed by atoms with Gasteiger partial charge in [-0.25, -0.2) is 4.39 Å². The summed E-state index contributed by atoms with van der Waals surface area (Å²) in [5, 5.41) is 2.68. The molecule has 1 N–H and O–H groups in total. The smallest absolute Gasteiger partial charge is 0.256 e. The van der Waals surface area contributed by atoms with Gasteiger partial charge in [0.1, 0.15) is 5.82 Å². The molecule has 0 saturated carbocycles. The van der Waals surface area contributed by atoms with E-state index in [1.54, 1.807) is 31.2 Å². The maximum absolute atomic E-state index is 13.2. The van der Waals surface area contributed by atoms with Crippen LogP contribution >= 0.6 is 31.9 Å². The van der Waals surface area contributed by atoms with Gasteiger partial charge in [-0.1, -0.05) is 15.9 Å². The first-order chi connectivity index (χ1) is 8.95. The Morgan fingerprint density at radius 1 is 1.16 bits per heavy atom. The highest BCUT2D eigenvalue weighted by Crippen LogP contribution is 2.23. The van der Waals surface area contributed by atoms with Crippen molar-refractivity contribution >= 4 is 43.5 Å². The van der Waals surface area contributed by atoms with Crippen LogP contribution in [-0.2, 0) is 0 Å². The summed E-state index contributed by atoms with van der Waals surface area (Å²) in [5.74, 6) is -0.658. The Labute approximate surface area is 127 Å². The number of amides is 1. The number of nitrogens with one attached hydrogen (secondary N) is 1. The molecule has 1 amide bonds. The number of hydrogen-bond donors (Lipinski definition) is 1. The van der Waals surface area contributed by atoms with E-state index in [0.29, 0.717) is 15.7 Å². The van der Waals surface area contributed by atoms with Crippen molar-refractivity contribution in [3.63, 3.8) is 0 Å². The largest absolute Gasteiger partial charge is 0.322 e. The summed E-state index contributed by atoms with van der Waals surface area (Å²) in [4.78, 5) is 12.1. The van der Waals surface area contributed by atoms with Crippen LogP contribution in [-0.4, -0.2) is 5.91 Å². The minimum Gasteiger partial charge on any atom is -0.322 e. The van der Waals surface area contributed by atoms with Crippen molar-refractivity contribution in [1.29, 1.82) is 0 Å². The van der Waals surface area contributed by atoms with Crippen molar-refractivity contribution in [3.8, 4) is 0 Å². The molecule has 2 aromatic rings. The Morgan fingerprint density at radius 2 is 1.89 bits per heavy atom. The average molecular weight is 387 g/mol. The zero-order valence-corrected chi connectivity index (χ0v) is 13.2. The summed E-state index contributed by atoms with van der Waals surface area (Å²) >= 11 is 6.65. The van der Waals surface area contributed by atoms with Crippen molar-refractivity contribution in [3.05, 3.63) is 62.3 Å². The highest BCUT2D eigenvalue weighted by Gasteiger charge is 2.11. The van der Waals surface area contributed by atoms with E-state index in [9.17, 15) is 9.18 Å². The van der Waals surface area contributed by atoms with E-state index in [0.717, 1.165) is 10.0 Å². The van der Waals surface area contributed by atoms with E-state index in [-0.39, 0.29) is 11.7 Å². The molecule has 0 heterocycles. The van der Waals surface area contributed by atoms with Crippen LogP contribution in [0.5, 0.6) is 0 Å². The Kier molecular flexibility index (Phi) is 4.37. The van der Waals surface area contributed by atoms with E-state index in [1.807, 2.05) is 0 Å². The molecule has 0 aliphatic heterocycles. The Balaban J connectivity index is 2.25. The maximum atomic E-state index is 13.2. The van der Waals surface area contributed by atoms with Gasteiger partial charge in [0, 0.05) is 14.6 Å². The van der Waals surface area contributed by atoms with E-state index in [2.05, 4.69) is 37.2 Å². The third kappa shape index (κ3) is 3.64. The lowest BCUT2D eigenvalue weighted by atomic mass is 10.2. The van der Waals surface area contributed by atoms with Crippen molar-refractivity contribution in [2.45, 2.75) is 6.92 Å². The molecule has 0 aliphatic rings. The van der Waals surface area contributed by atoms with Crippen LogP contribution in [0.2, 0.25) is 0 Å². The van der Waals surface area contributed by atoms with Gasteiger partial charge in [-0.3, -0.25) is 4.79 Å². The number of halogens is 3. The molecule has 2 rings (SSSR count). The first kappa shape index (κ1) is 14.2. The number of carbonyl (C=O) groups is 1. The molecule has 0 saturated heterocycles. The molecule has 0 fully saturated rings. The van der Waals surface area contributed by atoms with E-state index < -0.39 is 0 Å². The van der Waals surface area contributed by atoms with Crippen LogP contribution in [0.15, 0.2) is 45.3 Å². The Hall–Kier alpha value is -1.20. The number of benzene rings is 2. The predicted molar refractivity (Wildman–Crippen MR) is 80.9 cm³/mol. The zero-order chi connectivity index (χ0) is 14.0. The van der Waals surface area contributed by atoms with Gasteiger partial charge in [-0.05, 0) is 64.8 Å². The molecule has 0 bridgehead atoms. The Bertz CT molecular complexity index is 623. The SMILES string of the molecule is Cc1cc(F)cc(NC(=O)c2ccc(Br)cc2Br)c1. The summed E-state index contributed by atoms with van der Waals surface area (Å²) in [7, 11) is 0. The topological polar surface area (TPSA) is 29.1 Å². The lowest BCUT2D eigenvalue weighted by molar-refractivity contribution is 0.102. The van der Waals surface area contributed by atoms with Gasteiger partial charge in [0.15, 0.2) is 0 Å². The van der Waals surface area contributed by atoms with Crippen LogP contribution in [0, 0.1) is 12.7 Å². The van der Waals surface area contributed by atoms with Crippen molar-refractivity contribution in [1.82, 2.24) is 0 Å². The molecule has 5 heteroatoms. The van der Waals surface area contributed by atoms with E-state index in [1.165, 1.54) is 12.1 Å². The van der Waals surface area contributed by atoms with Gasteiger partial charge in [0.25, 0.3) is 5.91 Å². The van der Waals surface area contributed by atoms with Gasteiger partial charge in [-0.2, -0.15) is 0 Å². The lowest BCUT2D eigenvalue weighted by Crippen LogP contribution is -2.12. The monoisotopic (exact) mass is 385 g/mol.